The first kappa shape index (κ1) is 24.0. The molecule has 0 aliphatic heterocycles. The number of nitrogens with zero attached hydrogens (tertiary/aromatic N) is 3. The topological polar surface area (TPSA) is 36.4 Å². The van der Waals surface area contributed by atoms with Crippen molar-refractivity contribution in [3.63, 3.8) is 0 Å². The molecule has 0 saturated carbocycles. The second kappa shape index (κ2) is 11.3. The predicted molar refractivity (Wildman–Crippen MR) is 131 cm³/mol. The van der Waals surface area contributed by atoms with Crippen molar-refractivity contribution in [1.82, 2.24) is 9.88 Å². The van der Waals surface area contributed by atoms with Crippen LogP contribution in [0.3, 0.4) is 0 Å². The van der Waals surface area contributed by atoms with Crippen molar-refractivity contribution >= 4 is 56.0 Å². The van der Waals surface area contributed by atoms with Crippen LogP contribution >= 0.6 is 34.7 Å². The van der Waals surface area contributed by atoms with Crippen LogP contribution in [-0.2, 0) is 4.79 Å². The first-order valence-corrected chi connectivity index (χ1v) is 12.4. The summed E-state index contributed by atoms with van der Waals surface area (Å²) in [5, 5.41) is 1.42. The molecule has 8 heteroatoms. The van der Waals surface area contributed by atoms with Gasteiger partial charge in [0.1, 0.15) is 5.82 Å². The third kappa shape index (κ3) is 6.65. The number of amides is 1. The minimum absolute atomic E-state index is 0.0845. The van der Waals surface area contributed by atoms with Crippen LogP contribution in [0, 0.1) is 12.7 Å². The zero-order valence-corrected chi connectivity index (χ0v) is 20.4. The molecule has 0 saturated heterocycles. The van der Waals surface area contributed by atoms with Crippen LogP contribution in [0.1, 0.15) is 24.8 Å². The molecule has 0 bridgehead atoms. The highest BCUT2D eigenvalue weighted by Crippen LogP contribution is 2.34. The lowest BCUT2D eigenvalue weighted by Gasteiger charge is -2.21. The normalized spacial score (nSPS) is 11.4. The van der Waals surface area contributed by atoms with Gasteiger partial charge in [-0.15, -0.1) is 11.8 Å². The molecule has 3 aromatic rings. The molecule has 3 rings (SSSR count). The van der Waals surface area contributed by atoms with E-state index in [0.29, 0.717) is 18.0 Å². The van der Waals surface area contributed by atoms with Gasteiger partial charge >= 0.3 is 0 Å². The summed E-state index contributed by atoms with van der Waals surface area (Å²) in [4.78, 5) is 22.8. The minimum atomic E-state index is -0.236. The Labute approximate surface area is 196 Å². The fraction of sp³-hybridized carbons (Fsp3) is 0.391. The van der Waals surface area contributed by atoms with Crippen LogP contribution in [0.15, 0.2) is 41.3 Å². The fourth-order valence-electron chi connectivity index (χ4n) is 3.16. The molecule has 0 fully saturated rings. The summed E-state index contributed by atoms with van der Waals surface area (Å²) in [7, 11) is 4.06. The first-order chi connectivity index (χ1) is 14.8. The molecule has 0 unspecified atom stereocenters. The molecular weight excluding hydrogens is 453 g/mol. The van der Waals surface area contributed by atoms with E-state index in [1.54, 1.807) is 23.9 Å². The number of halogens is 2. The van der Waals surface area contributed by atoms with Gasteiger partial charge in [-0.3, -0.25) is 9.69 Å². The van der Waals surface area contributed by atoms with E-state index in [0.717, 1.165) is 50.9 Å². The van der Waals surface area contributed by atoms with E-state index in [2.05, 4.69) is 4.90 Å². The summed E-state index contributed by atoms with van der Waals surface area (Å²) < 4.78 is 14.1. The lowest BCUT2D eigenvalue weighted by atomic mass is 10.2. The van der Waals surface area contributed by atoms with Gasteiger partial charge in [-0.1, -0.05) is 22.9 Å². The summed E-state index contributed by atoms with van der Waals surface area (Å²) >= 11 is 9.43. The van der Waals surface area contributed by atoms with Crippen molar-refractivity contribution in [1.29, 1.82) is 0 Å². The Morgan fingerprint density at radius 3 is 2.58 bits per heavy atom. The molecule has 4 nitrogen and oxygen atoms in total. The number of aromatic nitrogens is 1. The number of benzene rings is 2. The van der Waals surface area contributed by atoms with Gasteiger partial charge in [0.25, 0.3) is 0 Å². The Hall–Kier alpha value is -1.67. The van der Waals surface area contributed by atoms with Gasteiger partial charge in [0, 0.05) is 22.9 Å². The van der Waals surface area contributed by atoms with E-state index >= 15 is 0 Å². The van der Waals surface area contributed by atoms with E-state index in [1.807, 2.05) is 38.1 Å². The van der Waals surface area contributed by atoms with Crippen molar-refractivity contribution < 1.29 is 9.18 Å². The summed E-state index contributed by atoms with van der Waals surface area (Å²) in [6, 6.07) is 10.3. The number of carbonyl (C=O) groups is 1. The molecule has 2 aromatic carbocycles. The predicted octanol–water partition coefficient (Wildman–Crippen LogP) is 6.25. The highest BCUT2D eigenvalue weighted by molar-refractivity contribution is 7.99. The number of anilines is 1. The van der Waals surface area contributed by atoms with Crippen molar-refractivity contribution in [3.8, 4) is 0 Å². The number of thiazole rings is 1. The molecule has 0 spiro atoms. The molecule has 0 radical (unpaired) electrons. The van der Waals surface area contributed by atoms with Gasteiger partial charge in [0.2, 0.25) is 5.91 Å². The van der Waals surface area contributed by atoms with Gasteiger partial charge in [-0.2, -0.15) is 0 Å². The highest BCUT2D eigenvalue weighted by atomic mass is 35.5. The second-order valence-corrected chi connectivity index (χ2v) is 10.2. The van der Waals surface area contributed by atoms with Gasteiger partial charge < -0.3 is 4.90 Å². The molecule has 1 heterocycles. The smallest absolute Gasteiger partial charge is 0.228 e. The molecule has 166 valence electrons. The second-order valence-electron chi connectivity index (χ2n) is 7.62. The molecule has 0 aliphatic carbocycles. The summed E-state index contributed by atoms with van der Waals surface area (Å²) in [5.41, 5.74) is 1.81. The standard InChI is InChI=1S/C23H27ClFN3OS2/c1-16-19(24)11-12-20-22(16)26-23(31-20)28(14-5-13-27(2)3)21(29)6-4-15-30-18-9-7-17(25)8-10-18/h7-12H,4-6,13-15H2,1-3H3. The van der Waals surface area contributed by atoms with E-state index < -0.39 is 0 Å². The van der Waals surface area contributed by atoms with Crippen molar-refractivity contribution in [2.75, 3.05) is 37.8 Å². The number of aryl methyl sites for hydroxylation is 1. The average molecular weight is 480 g/mol. The molecule has 1 amide bonds. The maximum absolute atomic E-state index is 13.1. The Kier molecular flexibility index (Phi) is 8.72. The van der Waals surface area contributed by atoms with Crippen LogP contribution in [0.4, 0.5) is 9.52 Å². The van der Waals surface area contributed by atoms with E-state index in [4.69, 9.17) is 16.6 Å². The van der Waals surface area contributed by atoms with Crippen LogP contribution in [0.2, 0.25) is 5.02 Å². The van der Waals surface area contributed by atoms with E-state index in [1.165, 1.54) is 23.5 Å². The molecule has 1 aromatic heterocycles. The molecule has 0 aliphatic rings. The Morgan fingerprint density at radius 2 is 1.87 bits per heavy atom. The monoisotopic (exact) mass is 479 g/mol. The Balaban J connectivity index is 1.66. The van der Waals surface area contributed by atoms with Crippen LogP contribution in [0.5, 0.6) is 0 Å². The van der Waals surface area contributed by atoms with Gasteiger partial charge in [-0.25, -0.2) is 9.37 Å². The van der Waals surface area contributed by atoms with Crippen LogP contribution in [-0.4, -0.2) is 48.7 Å². The number of fused-ring (bicyclic) bond motifs is 1. The summed E-state index contributed by atoms with van der Waals surface area (Å²) in [5.74, 6) is 0.652. The largest absolute Gasteiger partial charge is 0.309 e. The number of hydrogen-bond donors (Lipinski definition) is 0. The zero-order chi connectivity index (χ0) is 22.4. The van der Waals surface area contributed by atoms with Gasteiger partial charge in [0.05, 0.1) is 10.2 Å². The highest BCUT2D eigenvalue weighted by Gasteiger charge is 2.20. The Morgan fingerprint density at radius 1 is 1.13 bits per heavy atom. The molecule has 31 heavy (non-hydrogen) atoms. The maximum Gasteiger partial charge on any atom is 0.228 e. The molecule has 0 N–H and O–H groups in total. The van der Waals surface area contributed by atoms with E-state index in [9.17, 15) is 9.18 Å². The SMILES string of the molecule is Cc1c(Cl)ccc2sc(N(CCCN(C)C)C(=O)CCCSc3ccc(F)cc3)nc12. The zero-order valence-electron chi connectivity index (χ0n) is 18.0. The number of thioether (sulfide) groups is 1. The average Bonchev–Trinajstić information content (AvgIpc) is 3.17. The minimum Gasteiger partial charge on any atom is -0.309 e. The first-order valence-electron chi connectivity index (χ1n) is 10.2. The third-order valence-electron chi connectivity index (χ3n) is 4.87. The molecular formula is C23H27ClFN3OS2. The summed E-state index contributed by atoms with van der Waals surface area (Å²) in [6.45, 7) is 3.49. The van der Waals surface area contributed by atoms with Crippen molar-refractivity contribution in [2.45, 2.75) is 31.1 Å². The number of hydrogen-bond acceptors (Lipinski definition) is 5. The lowest BCUT2D eigenvalue weighted by Crippen LogP contribution is -2.33. The maximum atomic E-state index is 13.1. The van der Waals surface area contributed by atoms with Crippen LogP contribution < -0.4 is 4.90 Å². The van der Waals surface area contributed by atoms with E-state index in [-0.39, 0.29) is 11.7 Å². The van der Waals surface area contributed by atoms with Gasteiger partial charge in [0.15, 0.2) is 5.13 Å². The fourth-order valence-corrected chi connectivity index (χ4v) is 5.23. The van der Waals surface area contributed by atoms with Crippen LogP contribution in [0.25, 0.3) is 10.2 Å². The van der Waals surface area contributed by atoms with Crippen molar-refractivity contribution in [2.24, 2.45) is 0 Å². The summed E-state index contributed by atoms with van der Waals surface area (Å²) in [6.07, 6.45) is 2.07. The number of rotatable bonds is 10. The Bertz CT molecular complexity index is 1020. The van der Waals surface area contributed by atoms with Gasteiger partial charge in [-0.05, 0) is 88.1 Å². The van der Waals surface area contributed by atoms with Crippen molar-refractivity contribution in [3.05, 3.63) is 52.8 Å². The molecule has 0 atom stereocenters. The quantitative estimate of drug-likeness (QED) is 0.254. The lowest BCUT2D eigenvalue weighted by molar-refractivity contribution is -0.118. The number of carbonyl (C=O) groups excluding carboxylic acids is 1. The third-order valence-corrected chi connectivity index (χ3v) is 7.42.